The molecule has 3 N–H and O–H groups in total. The number of hydrogen-bond acceptors (Lipinski definition) is 4. The lowest BCUT2D eigenvalue weighted by molar-refractivity contribution is 0.0840. The van der Waals surface area contributed by atoms with Crippen molar-refractivity contribution in [1.29, 1.82) is 0 Å². The molecule has 0 aliphatic carbocycles. The van der Waals surface area contributed by atoms with Crippen molar-refractivity contribution in [3.63, 3.8) is 0 Å². The molecule has 0 heterocycles. The minimum absolute atomic E-state index is 0.171. The van der Waals surface area contributed by atoms with Crippen LogP contribution in [-0.4, -0.2) is 43.4 Å². The molecule has 6 heteroatoms. The lowest BCUT2D eigenvalue weighted by Crippen LogP contribution is -2.43. The van der Waals surface area contributed by atoms with Crippen LogP contribution >= 0.6 is 0 Å². The smallest absolute Gasteiger partial charge is 0.123 e. The summed E-state index contributed by atoms with van der Waals surface area (Å²) in [5, 5.41) is 14.5. The van der Waals surface area contributed by atoms with Gasteiger partial charge in [-0.05, 0) is 50.8 Å². The van der Waals surface area contributed by atoms with Crippen LogP contribution < -0.4 is 10.7 Å². The third-order valence-electron chi connectivity index (χ3n) is 3.48. The molecule has 1 unspecified atom stereocenters. The van der Waals surface area contributed by atoms with Crippen molar-refractivity contribution in [2.75, 3.05) is 27.2 Å². The number of likely N-dealkylation sites (N-methyl/N-ethyl adjacent to an activating group) is 1. The predicted octanol–water partition coefficient (Wildman–Crippen LogP) is 2.48. The first kappa shape index (κ1) is 21.2. The van der Waals surface area contributed by atoms with E-state index >= 15 is 0 Å². The Balaban J connectivity index is 0.000000324. The molecule has 2 aromatic rings. The summed E-state index contributed by atoms with van der Waals surface area (Å²) in [6.07, 6.45) is -0.437. The van der Waals surface area contributed by atoms with Crippen molar-refractivity contribution < 1.29 is 13.9 Å². The topological polar surface area (TPSA) is 47.5 Å². The van der Waals surface area contributed by atoms with Crippen molar-refractivity contribution in [3.8, 4) is 0 Å². The Bertz CT molecular complexity index is 570. The average molecular weight is 351 g/mol. The van der Waals surface area contributed by atoms with Gasteiger partial charge in [0.2, 0.25) is 0 Å². The van der Waals surface area contributed by atoms with Crippen molar-refractivity contribution in [2.24, 2.45) is 0 Å². The maximum atomic E-state index is 12.7. The minimum Gasteiger partial charge on any atom is -0.390 e. The molecule has 2 rings (SSSR count). The normalized spacial score (nSPS) is 11.8. The molecule has 0 bridgehead atoms. The van der Waals surface area contributed by atoms with Gasteiger partial charge in [0.25, 0.3) is 0 Å². The Morgan fingerprint density at radius 2 is 1.48 bits per heavy atom. The van der Waals surface area contributed by atoms with Crippen LogP contribution in [0.4, 0.5) is 8.78 Å². The monoisotopic (exact) mass is 351 g/mol. The summed E-state index contributed by atoms with van der Waals surface area (Å²) in [4.78, 5) is 0. The van der Waals surface area contributed by atoms with Gasteiger partial charge in [-0.15, -0.1) is 0 Å². The molecule has 0 aliphatic heterocycles. The van der Waals surface area contributed by atoms with E-state index in [0.29, 0.717) is 19.6 Å². The first-order valence-corrected chi connectivity index (χ1v) is 8.16. The van der Waals surface area contributed by atoms with Crippen molar-refractivity contribution in [2.45, 2.75) is 19.6 Å². The number of nitrogens with one attached hydrogen (secondary N) is 2. The number of hydrazine groups is 1. The molecule has 138 valence electrons. The Kier molecular flexibility index (Phi) is 9.87. The highest BCUT2D eigenvalue weighted by molar-refractivity contribution is 5.15. The largest absolute Gasteiger partial charge is 0.390 e. The molecule has 0 aliphatic rings. The molecule has 1 atom stereocenters. The first-order chi connectivity index (χ1) is 11.9. The summed E-state index contributed by atoms with van der Waals surface area (Å²) in [7, 11) is 3.60. The minimum atomic E-state index is -0.437. The molecule has 4 nitrogen and oxygen atoms in total. The summed E-state index contributed by atoms with van der Waals surface area (Å²) >= 11 is 0. The number of rotatable bonds is 7. The molecular formula is C19H27F2N3O. The molecule has 0 radical (unpaired) electrons. The highest BCUT2D eigenvalue weighted by Crippen LogP contribution is 2.05. The van der Waals surface area contributed by atoms with Gasteiger partial charge in [-0.25, -0.2) is 13.8 Å². The summed E-state index contributed by atoms with van der Waals surface area (Å²) in [6.45, 7) is 3.60. The second kappa shape index (κ2) is 11.7. The molecule has 0 spiro atoms. The molecule has 0 aromatic heterocycles. The lowest BCUT2D eigenvalue weighted by Gasteiger charge is -2.24. The van der Waals surface area contributed by atoms with Crippen LogP contribution in [0.1, 0.15) is 11.1 Å². The Labute approximate surface area is 148 Å². The van der Waals surface area contributed by atoms with Gasteiger partial charge >= 0.3 is 0 Å². The lowest BCUT2D eigenvalue weighted by atomic mass is 10.2. The zero-order valence-electron chi connectivity index (χ0n) is 15.0. The number of aliphatic hydroxyl groups is 1. The molecular weight excluding hydrogens is 324 g/mol. The standard InChI is InChI=1S/C12H20FN3O.C7H7F/c1-14-7-12(17)9-16(15-2)8-10-3-5-11(13)6-4-10;1-6-2-4-7(8)5-3-6/h3-6,12,14-15,17H,7-9H2,1-2H3;2-5H,1H3. The maximum absolute atomic E-state index is 12.7. The van der Waals surface area contributed by atoms with E-state index in [0.717, 1.165) is 11.1 Å². The van der Waals surface area contributed by atoms with Crippen molar-refractivity contribution >= 4 is 0 Å². The number of aliphatic hydroxyl groups excluding tert-OH is 1. The molecule has 25 heavy (non-hydrogen) atoms. The van der Waals surface area contributed by atoms with Gasteiger partial charge in [-0.3, -0.25) is 5.43 Å². The van der Waals surface area contributed by atoms with E-state index in [2.05, 4.69) is 10.7 Å². The van der Waals surface area contributed by atoms with Gasteiger partial charge in [-0.1, -0.05) is 29.8 Å². The fraction of sp³-hybridized carbons (Fsp3) is 0.368. The van der Waals surface area contributed by atoms with Crippen LogP contribution in [0.25, 0.3) is 0 Å². The molecule has 0 saturated carbocycles. The fourth-order valence-electron chi connectivity index (χ4n) is 2.13. The quantitative estimate of drug-likeness (QED) is 0.671. The summed E-state index contributed by atoms with van der Waals surface area (Å²) in [6, 6.07) is 12.8. The molecule has 2 aromatic carbocycles. The fourth-order valence-corrected chi connectivity index (χ4v) is 2.13. The van der Waals surface area contributed by atoms with Crippen LogP contribution in [0.15, 0.2) is 48.5 Å². The molecule has 0 saturated heterocycles. The number of hydrogen-bond donors (Lipinski definition) is 3. The van der Waals surface area contributed by atoms with E-state index in [1.165, 1.54) is 24.3 Å². The van der Waals surface area contributed by atoms with Crippen LogP contribution in [0, 0.1) is 18.6 Å². The number of aryl methyl sites for hydroxylation is 1. The Morgan fingerprint density at radius 3 is 1.92 bits per heavy atom. The number of benzene rings is 2. The van der Waals surface area contributed by atoms with Crippen LogP contribution in [0.3, 0.4) is 0 Å². The summed E-state index contributed by atoms with van der Waals surface area (Å²) in [5.74, 6) is -0.407. The predicted molar refractivity (Wildman–Crippen MR) is 96.9 cm³/mol. The van der Waals surface area contributed by atoms with Gasteiger partial charge in [0, 0.05) is 19.6 Å². The van der Waals surface area contributed by atoms with Crippen LogP contribution in [0.5, 0.6) is 0 Å². The highest BCUT2D eigenvalue weighted by atomic mass is 19.1. The van der Waals surface area contributed by atoms with Crippen molar-refractivity contribution in [3.05, 3.63) is 71.3 Å². The van der Waals surface area contributed by atoms with Gasteiger partial charge in [-0.2, -0.15) is 0 Å². The molecule has 0 fully saturated rings. The van der Waals surface area contributed by atoms with Gasteiger partial charge in [0.15, 0.2) is 0 Å². The SMILES string of the molecule is CNCC(O)CN(Cc1ccc(F)cc1)NC.Cc1ccc(F)cc1. The number of halogens is 2. The highest BCUT2D eigenvalue weighted by Gasteiger charge is 2.10. The Hall–Kier alpha value is -1.86. The Morgan fingerprint density at radius 1 is 0.960 bits per heavy atom. The van der Waals surface area contributed by atoms with E-state index in [4.69, 9.17) is 0 Å². The van der Waals surface area contributed by atoms with E-state index in [-0.39, 0.29) is 11.6 Å². The third-order valence-corrected chi connectivity index (χ3v) is 3.48. The summed E-state index contributed by atoms with van der Waals surface area (Å²) in [5.41, 5.74) is 5.09. The van der Waals surface area contributed by atoms with Gasteiger partial charge < -0.3 is 10.4 Å². The van der Waals surface area contributed by atoms with E-state index in [1.54, 1.807) is 38.4 Å². The summed E-state index contributed by atoms with van der Waals surface area (Å²) < 4.78 is 24.8. The van der Waals surface area contributed by atoms with Gasteiger partial charge in [0.05, 0.1) is 6.10 Å². The van der Waals surface area contributed by atoms with E-state index < -0.39 is 6.10 Å². The zero-order valence-corrected chi connectivity index (χ0v) is 15.0. The van der Waals surface area contributed by atoms with Crippen molar-refractivity contribution in [1.82, 2.24) is 15.8 Å². The molecule has 0 amide bonds. The van der Waals surface area contributed by atoms with E-state index in [9.17, 15) is 13.9 Å². The second-order valence-corrected chi connectivity index (χ2v) is 5.74. The van der Waals surface area contributed by atoms with Gasteiger partial charge in [0.1, 0.15) is 11.6 Å². The number of nitrogens with zero attached hydrogens (tertiary/aromatic N) is 1. The average Bonchev–Trinajstić information content (AvgIpc) is 2.59. The van der Waals surface area contributed by atoms with Crippen LogP contribution in [-0.2, 0) is 6.54 Å². The third kappa shape index (κ3) is 9.26. The first-order valence-electron chi connectivity index (χ1n) is 8.16. The second-order valence-electron chi connectivity index (χ2n) is 5.74. The van der Waals surface area contributed by atoms with Crippen LogP contribution in [0.2, 0.25) is 0 Å². The maximum Gasteiger partial charge on any atom is 0.123 e. The van der Waals surface area contributed by atoms with E-state index in [1.807, 2.05) is 11.9 Å². The zero-order chi connectivity index (χ0) is 18.7.